The number of nitriles is 1. The monoisotopic (exact) mass is 251 g/mol. The molecule has 0 amide bonds. The van der Waals surface area contributed by atoms with E-state index in [1.54, 1.807) is 0 Å². The van der Waals surface area contributed by atoms with Crippen LogP contribution in [0.4, 0.5) is 11.4 Å². The zero-order valence-corrected chi connectivity index (χ0v) is 10.8. The lowest BCUT2D eigenvalue weighted by atomic mass is 10.1. The molecule has 0 aliphatic heterocycles. The van der Waals surface area contributed by atoms with Crippen LogP contribution in [0, 0.1) is 11.3 Å². The molecule has 2 N–H and O–H groups in total. The molecule has 3 nitrogen and oxygen atoms in total. The number of hydrogen-bond donors (Lipinski definition) is 1. The van der Waals surface area contributed by atoms with Crippen LogP contribution < -0.4 is 10.6 Å². The molecule has 2 aromatic rings. The van der Waals surface area contributed by atoms with E-state index >= 15 is 0 Å². The van der Waals surface area contributed by atoms with Gasteiger partial charge in [0.2, 0.25) is 0 Å². The van der Waals surface area contributed by atoms with Crippen molar-refractivity contribution in [2.45, 2.75) is 13.0 Å². The van der Waals surface area contributed by atoms with Crippen molar-refractivity contribution in [2.75, 3.05) is 17.2 Å². The van der Waals surface area contributed by atoms with Gasteiger partial charge in [-0.1, -0.05) is 36.4 Å². The Hall–Kier alpha value is -2.47. The summed E-state index contributed by atoms with van der Waals surface area (Å²) >= 11 is 0. The quantitative estimate of drug-likeness (QED) is 0.830. The van der Waals surface area contributed by atoms with Crippen molar-refractivity contribution < 1.29 is 0 Å². The molecule has 0 atom stereocenters. The Bertz CT molecular complexity index is 558. The fourth-order valence-corrected chi connectivity index (χ4v) is 2.01. The molecule has 0 bridgehead atoms. The lowest BCUT2D eigenvalue weighted by Crippen LogP contribution is -2.24. The van der Waals surface area contributed by atoms with Gasteiger partial charge in [0.1, 0.15) is 0 Å². The predicted octanol–water partition coefficient (Wildman–Crippen LogP) is 3.19. The van der Waals surface area contributed by atoms with E-state index in [0.29, 0.717) is 13.0 Å². The standard InChI is InChI=1S/C16H17N3/c17-11-6-12-19(15-8-2-1-3-9-15)13-14-7-4-5-10-16(14)18/h1-5,7-10H,6,12-13,18H2. The van der Waals surface area contributed by atoms with Crippen molar-refractivity contribution in [2.24, 2.45) is 0 Å². The summed E-state index contributed by atoms with van der Waals surface area (Å²) in [4.78, 5) is 2.18. The van der Waals surface area contributed by atoms with Crippen LogP contribution in [0.15, 0.2) is 54.6 Å². The largest absolute Gasteiger partial charge is 0.398 e. The van der Waals surface area contributed by atoms with Gasteiger partial charge in [-0.15, -0.1) is 0 Å². The van der Waals surface area contributed by atoms with Crippen LogP contribution in [0.2, 0.25) is 0 Å². The van der Waals surface area contributed by atoms with E-state index < -0.39 is 0 Å². The Morgan fingerprint density at radius 3 is 2.37 bits per heavy atom. The van der Waals surface area contributed by atoms with Gasteiger partial charge in [0, 0.05) is 24.5 Å². The first-order valence-corrected chi connectivity index (χ1v) is 6.31. The summed E-state index contributed by atoms with van der Waals surface area (Å²) in [7, 11) is 0. The molecular weight excluding hydrogens is 234 g/mol. The minimum Gasteiger partial charge on any atom is -0.398 e. The molecule has 0 saturated carbocycles. The molecule has 3 heteroatoms. The number of anilines is 2. The van der Waals surface area contributed by atoms with Crippen molar-refractivity contribution in [1.82, 2.24) is 0 Å². The van der Waals surface area contributed by atoms with E-state index in [1.165, 1.54) is 0 Å². The summed E-state index contributed by atoms with van der Waals surface area (Å²) in [5.74, 6) is 0. The Kier molecular flexibility index (Phi) is 4.41. The van der Waals surface area contributed by atoms with Crippen molar-refractivity contribution in [1.29, 1.82) is 5.26 Å². The van der Waals surface area contributed by atoms with Crippen molar-refractivity contribution in [3.8, 4) is 6.07 Å². The number of nitrogen functional groups attached to an aromatic ring is 1. The predicted molar refractivity (Wildman–Crippen MR) is 78.6 cm³/mol. The summed E-state index contributed by atoms with van der Waals surface area (Å²) in [5, 5.41) is 8.78. The number of hydrogen-bond acceptors (Lipinski definition) is 3. The normalized spacial score (nSPS) is 9.84. The van der Waals surface area contributed by atoms with Crippen LogP contribution >= 0.6 is 0 Å². The average Bonchev–Trinajstić information content (AvgIpc) is 2.46. The third-order valence-electron chi connectivity index (χ3n) is 3.03. The summed E-state index contributed by atoms with van der Waals surface area (Å²) < 4.78 is 0. The molecule has 2 aromatic carbocycles. The second-order valence-corrected chi connectivity index (χ2v) is 4.36. The Labute approximate surface area is 113 Å². The highest BCUT2D eigenvalue weighted by molar-refractivity contribution is 5.52. The van der Waals surface area contributed by atoms with E-state index in [9.17, 15) is 0 Å². The van der Waals surface area contributed by atoms with Gasteiger partial charge in [-0.3, -0.25) is 0 Å². The van der Waals surface area contributed by atoms with Gasteiger partial charge in [0.05, 0.1) is 12.5 Å². The molecule has 0 spiro atoms. The van der Waals surface area contributed by atoms with E-state index in [4.69, 9.17) is 11.0 Å². The lowest BCUT2D eigenvalue weighted by Gasteiger charge is -2.24. The maximum absolute atomic E-state index is 8.78. The van der Waals surface area contributed by atoms with Crippen LogP contribution in [0.3, 0.4) is 0 Å². The molecule has 0 heterocycles. The fourth-order valence-electron chi connectivity index (χ4n) is 2.01. The van der Waals surface area contributed by atoms with Gasteiger partial charge in [0.15, 0.2) is 0 Å². The number of nitrogens with zero attached hydrogens (tertiary/aromatic N) is 2. The van der Waals surface area contributed by atoms with E-state index in [2.05, 4.69) is 23.1 Å². The molecule has 96 valence electrons. The molecule has 0 aliphatic carbocycles. The number of rotatable bonds is 5. The van der Waals surface area contributed by atoms with Crippen LogP contribution in [0.5, 0.6) is 0 Å². The summed E-state index contributed by atoms with van der Waals surface area (Å²) in [6, 6.07) is 20.1. The van der Waals surface area contributed by atoms with Gasteiger partial charge >= 0.3 is 0 Å². The Morgan fingerprint density at radius 2 is 1.68 bits per heavy atom. The van der Waals surface area contributed by atoms with Crippen LogP contribution in [-0.4, -0.2) is 6.54 Å². The molecular formula is C16H17N3. The lowest BCUT2D eigenvalue weighted by molar-refractivity contribution is 0.799. The molecule has 19 heavy (non-hydrogen) atoms. The van der Waals surface area contributed by atoms with Gasteiger partial charge < -0.3 is 10.6 Å². The Balaban J connectivity index is 2.20. The third-order valence-corrected chi connectivity index (χ3v) is 3.03. The molecule has 2 rings (SSSR count). The van der Waals surface area contributed by atoms with E-state index in [1.807, 2.05) is 42.5 Å². The van der Waals surface area contributed by atoms with Crippen LogP contribution in [-0.2, 0) is 6.54 Å². The smallest absolute Gasteiger partial charge is 0.0640 e. The van der Waals surface area contributed by atoms with Gasteiger partial charge in [-0.25, -0.2) is 0 Å². The molecule has 0 aromatic heterocycles. The van der Waals surface area contributed by atoms with Crippen molar-refractivity contribution in [3.05, 3.63) is 60.2 Å². The second kappa shape index (κ2) is 6.46. The van der Waals surface area contributed by atoms with Crippen LogP contribution in [0.25, 0.3) is 0 Å². The topological polar surface area (TPSA) is 53.0 Å². The van der Waals surface area contributed by atoms with E-state index in [0.717, 1.165) is 23.5 Å². The third kappa shape index (κ3) is 3.49. The number of benzene rings is 2. The van der Waals surface area contributed by atoms with Gasteiger partial charge in [0.25, 0.3) is 0 Å². The van der Waals surface area contributed by atoms with Crippen molar-refractivity contribution in [3.63, 3.8) is 0 Å². The first-order valence-electron chi connectivity index (χ1n) is 6.31. The van der Waals surface area contributed by atoms with Gasteiger partial charge in [-0.2, -0.15) is 5.26 Å². The maximum Gasteiger partial charge on any atom is 0.0640 e. The molecule has 0 saturated heterocycles. The molecule has 0 fully saturated rings. The SMILES string of the molecule is N#CCCN(Cc1ccccc1N)c1ccccc1. The Morgan fingerprint density at radius 1 is 1.00 bits per heavy atom. The van der Waals surface area contributed by atoms with Crippen LogP contribution in [0.1, 0.15) is 12.0 Å². The fraction of sp³-hybridized carbons (Fsp3) is 0.188. The summed E-state index contributed by atoms with van der Waals surface area (Å²) in [6.07, 6.45) is 0.502. The summed E-state index contributed by atoms with van der Waals surface area (Å²) in [5.41, 5.74) is 8.98. The summed E-state index contributed by atoms with van der Waals surface area (Å²) in [6.45, 7) is 1.42. The number of para-hydroxylation sites is 2. The molecule has 0 radical (unpaired) electrons. The van der Waals surface area contributed by atoms with Crippen molar-refractivity contribution >= 4 is 11.4 Å². The zero-order chi connectivity index (χ0) is 13.5. The highest BCUT2D eigenvalue weighted by Gasteiger charge is 2.08. The first-order chi connectivity index (χ1) is 9.31. The zero-order valence-electron chi connectivity index (χ0n) is 10.8. The minimum absolute atomic E-state index is 0.502. The highest BCUT2D eigenvalue weighted by atomic mass is 15.1. The highest BCUT2D eigenvalue weighted by Crippen LogP contribution is 2.20. The average molecular weight is 251 g/mol. The van der Waals surface area contributed by atoms with E-state index in [-0.39, 0.29) is 0 Å². The molecule has 0 unspecified atom stereocenters. The first kappa shape index (κ1) is 13.0. The maximum atomic E-state index is 8.78. The molecule has 0 aliphatic rings. The number of nitrogens with two attached hydrogens (primary N) is 1. The minimum atomic E-state index is 0.502. The second-order valence-electron chi connectivity index (χ2n) is 4.36. The van der Waals surface area contributed by atoms with Gasteiger partial charge in [-0.05, 0) is 23.8 Å².